The van der Waals surface area contributed by atoms with Gasteiger partial charge in [-0.25, -0.2) is 9.50 Å². The zero-order valence-electron chi connectivity index (χ0n) is 18.4. The van der Waals surface area contributed by atoms with Crippen LogP contribution in [0.5, 0.6) is 0 Å². The maximum atomic E-state index is 13.8. The van der Waals surface area contributed by atoms with Crippen molar-refractivity contribution in [2.24, 2.45) is 0 Å². The highest BCUT2D eigenvalue weighted by Crippen LogP contribution is 2.34. The number of alkyl halides is 3. The summed E-state index contributed by atoms with van der Waals surface area (Å²) in [4.78, 5) is 30.8. The third-order valence-electron chi connectivity index (χ3n) is 4.99. The average Bonchev–Trinajstić information content (AvgIpc) is 3.54. The van der Waals surface area contributed by atoms with E-state index in [-0.39, 0.29) is 28.4 Å². The van der Waals surface area contributed by atoms with Crippen LogP contribution in [0.2, 0.25) is 0 Å². The summed E-state index contributed by atoms with van der Waals surface area (Å²) < 4.78 is 43.5. The molecule has 0 radical (unpaired) electrons. The van der Waals surface area contributed by atoms with E-state index >= 15 is 0 Å². The molecule has 2 N–H and O–H groups in total. The fraction of sp³-hybridized carbons (Fsp3) is 0.286. The van der Waals surface area contributed by atoms with E-state index in [4.69, 9.17) is 0 Å². The quantitative estimate of drug-likeness (QED) is 0.426. The smallest absolute Gasteiger partial charge is 0.354 e. The fourth-order valence-electron chi connectivity index (χ4n) is 3.27. The number of rotatable bonds is 6. The molecule has 178 valence electrons. The minimum absolute atomic E-state index is 0.0257. The highest BCUT2D eigenvalue weighted by molar-refractivity contribution is 7.15. The van der Waals surface area contributed by atoms with Crippen LogP contribution in [0.15, 0.2) is 30.5 Å². The summed E-state index contributed by atoms with van der Waals surface area (Å²) in [5.74, 6) is -1.32. The minimum atomic E-state index is -4.73. The Labute approximate surface area is 195 Å². The van der Waals surface area contributed by atoms with E-state index in [1.165, 1.54) is 35.3 Å². The summed E-state index contributed by atoms with van der Waals surface area (Å²) in [5.41, 5.74) is -1.24. The van der Waals surface area contributed by atoms with Gasteiger partial charge in [-0.3, -0.25) is 14.3 Å². The largest absolute Gasteiger partial charge is 0.433 e. The number of anilines is 1. The van der Waals surface area contributed by atoms with Gasteiger partial charge >= 0.3 is 6.18 Å². The standard InChI is InChI=1S/C21H20F3N7O2S/c1-4-11-6-7-15(34-11)12-8-16(21(22,23)24)31-17(26-12)9-13(28-31)19(32)27-14-10-30(5-2)29-18(14)20(33)25-3/h6-10H,4-5H2,1-3H3,(H,25,33)(H,27,32). The molecule has 0 unspecified atom stereocenters. The number of halogens is 3. The Morgan fingerprint density at radius 2 is 1.88 bits per heavy atom. The fourth-order valence-corrected chi connectivity index (χ4v) is 4.17. The topological polar surface area (TPSA) is 106 Å². The van der Waals surface area contributed by atoms with Crippen LogP contribution < -0.4 is 10.6 Å². The van der Waals surface area contributed by atoms with Crippen molar-refractivity contribution in [3.05, 3.63) is 52.4 Å². The number of thiophene rings is 1. The Hall–Kier alpha value is -3.74. The molecule has 4 aromatic rings. The summed E-state index contributed by atoms with van der Waals surface area (Å²) in [6, 6.07) is 5.65. The summed E-state index contributed by atoms with van der Waals surface area (Å²) in [6.45, 7) is 4.20. The average molecular weight is 491 g/mol. The van der Waals surface area contributed by atoms with E-state index < -0.39 is 23.7 Å². The van der Waals surface area contributed by atoms with Gasteiger partial charge in [-0.15, -0.1) is 11.3 Å². The highest BCUT2D eigenvalue weighted by Gasteiger charge is 2.36. The van der Waals surface area contributed by atoms with Crippen LogP contribution in [0.3, 0.4) is 0 Å². The molecule has 4 aromatic heterocycles. The Morgan fingerprint density at radius 3 is 2.50 bits per heavy atom. The molecule has 0 aliphatic carbocycles. The van der Waals surface area contributed by atoms with Gasteiger partial charge in [0, 0.05) is 30.7 Å². The molecule has 0 aliphatic rings. The van der Waals surface area contributed by atoms with E-state index in [0.29, 0.717) is 15.9 Å². The normalized spacial score (nSPS) is 11.7. The van der Waals surface area contributed by atoms with Crippen LogP contribution >= 0.6 is 11.3 Å². The molecule has 0 aromatic carbocycles. The van der Waals surface area contributed by atoms with Crippen LogP contribution in [-0.4, -0.2) is 43.2 Å². The zero-order chi connectivity index (χ0) is 24.6. The SMILES string of the molecule is CCc1ccc(-c2cc(C(F)(F)F)n3nc(C(=O)Nc4cn(CC)nc4C(=O)NC)cc3n2)s1. The van der Waals surface area contributed by atoms with Gasteiger partial charge in [0.05, 0.1) is 16.3 Å². The number of amides is 2. The zero-order valence-corrected chi connectivity index (χ0v) is 19.2. The lowest BCUT2D eigenvalue weighted by atomic mass is 10.2. The first-order valence-corrected chi connectivity index (χ1v) is 11.1. The monoisotopic (exact) mass is 491 g/mol. The molecule has 0 saturated heterocycles. The van der Waals surface area contributed by atoms with Crippen LogP contribution in [0.4, 0.5) is 18.9 Å². The number of aryl methyl sites for hydroxylation is 2. The molecule has 34 heavy (non-hydrogen) atoms. The van der Waals surface area contributed by atoms with Crippen molar-refractivity contribution >= 4 is 34.5 Å². The predicted octanol–water partition coefficient (Wildman–Crippen LogP) is 3.87. The Balaban J connectivity index is 1.75. The van der Waals surface area contributed by atoms with E-state index in [0.717, 1.165) is 17.4 Å². The van der Waals surface area contributed by atoms with Gasteiger partial charge in [0.25, 0.3) is 11.8 Å². The summed E-state index contributed by atoms with van der Waals surface area (Å²) in [7, 11) is 1.42. The Morgan fingerprint density at radius 1 is 1.12 bits per heavy atom. The molecule has 9 nitrogen and oxygen atoms in total. The van der Waals surface area contributed by atoms with Gasteiger partial charge in [-0.1, -0.05) is 6.92 Å². The summed E-state index contributed by atoms with van der Waals surface area (Å²) in [6.07, 6.45) is -2.52. The number of hydrogen-bond acceptors (Lipinski definition) is 6. The second kappa shape index (κ2) is 8.89. The van der Waals surface area contributed by atoms with E-state index in [1.807, 2.05) is 13.0 Å². The number of aromatic nitrogens is 5. The van der Waals surface area contributed by atoms with Gasteiger partial charge in [0.2, 0.25) is 0 Å². The van der Waals surface area contributed by atoms with Gasteiger partial charge in [0.15, 0.2) is 22.7 Å². The van der Waals surface area contributed by atoms with Crippen molar-refractivity contribution in [2.75, 3.05) is 12.4 Å². The first-order chi connectivity index (χ1) is 16.1. The summed E-state index contributed by atoms with van der Waals surface area (Å²) >= 11 is 1.35. The van der Waals surface area contributed by atoms with E-state index in [2.05, 4.69) is 25.8 Å². The summed E-state index contributed by atoms with van der Waals surface area (Å²) in [5, 5.41) is 12.9. The molecule has 0 atom stereocenters. The molecule has 0 saturated carbocycles. The number of hydrogen-bond donors (Lipinski definition) is 2. The van der Waals surface area contributed by atoms with Crippen LogP contribution in [0.1, 0.15) is 45.4 Å². The Bertz CT molecular complexity index is 1390. The number of nitrogens with one attached hydrogen (secondary N) is 2. The number of nitrogens with zero attached hydrogens (tertiary/aromatic N) is 5. The van der Waals surface area contributed by atoms with E-state index in [9.17, 15) is 22.8 Å². The lowest BCUT2D eigenvalue weighted by Crippen LogP contribution is -2.22. The number of fused-ring (bicyclic) bond motifs is 1. The number of carbonyl (C=O) groups excluding carboxylic acids is 2. The predicted molar refractivity (Wildman–Crippen MR) is 120 cm³/mol. The highest BCUT2D eigenvalue weighted by atomic mass is 32.1. The maximum absolute atomic E-state index is 13.8. The van der Waals surface area contributed by atoms with Crippen molar-refractivity contribution < 1.29 is 22.8 Å². The second-order valence-corrected chi connectivity index (χ2v) is 8.39. The van der Waals surface area contributed by atoms with E-state index in [1.54, 1.807) is 13.0 Å². The Kier molecular flexibility index (Phi) is 6.13. The van der Waals surface area contributed by atoms with Crippen molar-refractivity contribution in [1.29, 1.82) is 0 Å². The maximum Gasteiger partial charge on any atom is 0.433 e. The van der Waals surface area contributed by atoms with Gasteiger partial charge in [-0.05, 0) is 31.5 Å². The molecular formula is C21H20F3N7O2S. The first kappa shape index (κ1) is 23.4. The lowest BCUT2D eigenvalue weighted by molar-refractivity contribution is -0.142. The molecule has 0 spiro atoms. The molecular weight excluding hydrogens is 471 g/mol. The van der Waals surface area contributed by atoms with Crippen molar-refractivity contribution in [1.82, 2.24) is 29.7 Å². The second-order valence-electron chi connectivity index (χ2n) is 7.22. The molecule has 13 heteroatoms. The molecule has 0 bridgehead atoms. The van der Waals surface area contributed by atoms with Gasteiger partial charge < -0.3 is 10.6 Å². The van der Waals surface area contributed by atoms with Gasteiger partial charge in [-0.2, -0.15) is 23.4 Å². The lowest BCUT2D eigenvalue weighted by Gasteiger charge is -2.10. The minimum Gasteiger partial charge on any atom is -0.354 e. The number of carbonyl (C=O) groups is 2. The molecule has 4 heterocycles. The van der Waals surface area contributed by atoms with Gasteiger partial charge in [0.1, 0.15) is 0 Å². The third-order valence-corrected chi connectivity index (χ3v) is 6.24. The van der Waals surface area contributed by atoms with Crippen molar-refractivity contribution in [2.45, 2.75) is 33.0 Å². The third kappa shape index (κ3) is 4.38. The molecule has 0 aliphatic heterocycles. The van der Waals surface area contributed by atoms with Crippen LogP contribution in [0, 0.1) is 0 Å². The molecule has 0 fully saturated rings. The van der Waals surface area contributed by atoms with Crippen LogP contribution in [-0.2, 0) is 19.1 Å². The molecule has 2 amide bonds. The van der Waals surface area contributed by atoms with Crippen LogP contribution in [0.25, 0.3) is 16.2 Å². The first-order valence-electron chi connectivity index (χ1n) is 10.3. The van der Waals surface area contributed by atoms with Crippen molar-refractivity contribution in [3.8, 4) is 10.6 Å². The molecule has 4 rings (SSSR count). The van der Waals surface area contributed by atoms with Crippen molar-refractivity contribution in [3.63, 3.8) is 0 Å².